The third-order valence-electron chi connectivity index (χ3n) is 2.39. The van der Waals surface area contributed by atoms with Gasteiger partial charge in [0.05, 0.1) is 21.4 Å². The number of benzene rings is 1. The van der Waals surface area contributed by atoms with E-state index in [1.54, 1.807) is 18.2 Å². The lowest BCUT2D eigenvalue weighted by molar-refractivity contribution is -0.131. The first-order valence-electron chi connectivity index (χ1n) is 6.01. The predicted octanol–water partition coefficient (Wildman–Crippen LogP) is 3.49. The van der Waals surface area contributed by atoms with E-state index < -0.39 is 11.9 Å². The van der Waals surface area contributed by atoms with Crippen LogP contribution in [0.5, 0.6) is 5.75 Å². The minimum Gasteiger partial charge on any atom is -0.459 e. The molecular weight excluding hydrogens is 420 g/mol. The van der Waals surface area contributed by atoms with Crippen LogP contribution >= 0.6 is 31.9 Å². The first-order valence-corrected chi connectivity index (χ1v) is 7.60. The van der Waals surface area contributed by atoms with E-state index in [0.29, 0.717) is 20.3 Å². The van der Waals surface area contributed by atoms with Gasteiger partial charge in [0.25, 0.3) is 0 Å². The van der Waals surface area contributed by atoms with Gasteiger partial charge in [0.2, 0.25) is 0 Å². The van der Waals surface area contributed by atoms with E-state index in [9.17, 15) is 9.59 Å². The first-order chi connectivity index (χ1) is 10.5. The Labute approximate surface area is 142 Å². The SMILES string of the molecule is CC(=O)Oc1c(Br)cc(/C=N\NC(=O)c2ccco2)cc1Br. The third-order valence-corrected chi connectivity index (χ3v) is 3.57. The summed E-state index contributed by atoms with van der Waals surface area (Å²) in [5.41, 5.74) is 3.03. The molecule has 0 fully saturated rings. The highest BCUT2D eigenvalue weighted by Gasteiger charge is 2.11. The monoisotopic (exact) mass is 428 g/mol. The molecule has 0 unspecified atom stereocenters. The fraction of sp³-hybridized carbons (Fsp3) is 0.0714. The van der Waals surface area contributed by atoms with Crippen molar-refractivity contribution >= 4 is 50.0 Å². The number of ether oxygens (including phenoxy) is 1. The van der Waals surface area contributed by atoms with Crippen LogP contribution < -0.4 is 10.2 Å². The quantitative estimate of drug-likeness (QED) is 0.349. The summed E-state index contributed by atoms with van der Waals surface area (Å²) in [4.78, 5) is 22.6. The molecule has 0 atom stereocenters. The summed E-state index contributed by atoms with van der Waals surface area (Å²) >= 11 is 6.62. The van der Waals surface area contributed by atoms with E-state index in [2.05, 4.69) is 42.4 Å². The molecule has 1 aromatic carbocycles. The van der Waals surface area contributed by atoms with Gasteiger partial charge in [-0.3, -0.25) is 9.59 Å². The fourth-order valence-corrected chi connectivity index (χ4v) is 2.91. The minimum absolute atomic E-state index is 0.171. The molecule has 0 radical (unpaired) electrons. The molecule has 0 saturated carbocycles. The van der Waals surface area contributed by atoms with Crippen LogP contribution in [-0.2, 0) is 4.79 Å². The lowest BCUT2D eigenvalue weighted by Gasteiger charge is -2.07. The Morgan fingerprint density at radius 1 is 1.32 bits per heavy atom. The van der Waals surface area contributed by atoms with E-state index in [1.807, 2.05) is 0 Å². The van der Waals surface area contributed by atoms with Crippen LogP contribution in [-0.4, -0.2) is 18.1 Å². The van der Waals surface area contributed by atoms with Crippen LogP contribution in [0.2, 0.25) is 0 Å². The second-order valence-electron chi connectivity index (χ2n) is 4.08. The number of hydrazone groups is 1. The van der Waals surface area contributed by atoms with Crippen molar-refractivity contribution in [2.24, 2.45) is 5.10 Å². The van der Waals surface area contributed by atoms with Crippen molar-refractivity contribution in [1.29, 1.82) is 0 Å². The maximum Gasteiger partial charge on any atom is 0.308 e. The van der Waals surface area contributed by atoms with Crippen molar-refractivity contribution in [3.8, 4) is 5.75 Å². The molecule has 1 amide bonds. The summed E-state index contributed by atoms with van der Waals surface area (Å²) in [6.45, 7) is 1.32. The number of hydrogen-bond acceptors (Lipinski definition) is 5. The van der Waals surface area contributed by atoms with Gasteiger partial charge in [0.15, 0.2) is 11.5 Å². The second-order valence-corrected chi connectivity index (χ2v) is 5.79. The van der Waals surface area contributed by atoms with E-state index in [-0.39, 0.29) is 5.76 Å². The summed E-state index contributed by atoms with van der Waals surface area (Å²) in [6.07, 6.45) is 2.86. The topological polar surface area (TPSA) is 80.9 Å². The number of rotatable bonds is 4. The molecule has 114 valence electrons. The number of furan rings is 1. The molecule has 0 spiro atoms. The minimum atomic E-state index is -0.448. The van der Waals surface area contributed by atoms with Crippen LogP contribution in [0.4, 0.5) is 0 Å². The Balaban J connectivity index is 2.08. The number of nitrogens with zero attached hydrogens (tertiary/aromatic N) is 1. The van der Waals surface area contributed by atoms with Gasteiger partial charge >= 0.3 is 11.9 Å². The number of nitrogens with one attached hydrogen (secondary N) is 1. The van der Waals surface area contributed by atoms with Crippen molar-refractivity contribution in [3.05, 3.63) is 50.8 Å². The van der Waals surface area contributed by atoms with Crippen molar-refractivity contribution in [3.63, 3.8) is 0 Å². The van der Waals surface area contributed by atoms with E-state index in [0.717, 1.165) is 0 Å². The van der Waals surface area contributed by atoms with Crippen molar-refractivity contribution < 1.29 is 18.7 Å². The van der Waals surface area contributed by atoms with Crippen LogP contribution in [0.1, 0.15) is 23.0 Å². The molecule has 1 aromatic heterocycles. The van der Waals surface area contributed by atoms with Crippen molar-refractivity contribution in [2.45, 2.75) is 6.92 Å². The van der Waals surface area contributed by atoms with Gasteiger partial charge in [-0.25, -0.2) is 5.43 Å². The van der Waals surface area contributed by atoms with Crippen LogP contribution in [0, 0.1) is 0 Å². The zero-order chi connectivity index (χ0) is 16.1. The summed E-state index contributed by atoms with van der Waals surface area (Å²) in [7, 11) is 0. The molecule has 2 rings (SSSR count). The Hall–Kier alpha value is -1.93. The zero-order valence-corrected chi connectivity index (χ0v) is 14.5. The summed E-state index contributed by atoms with van der Waals surface area (Å²) in [5, 5.41) is 3.84. The second kappa shape index (κ2) is 7.37. The van der Waals surface area contributed by atoms with Gasteiger partial charge in [-0.2, -0.15) is 5.10 Å². The molecule has 0 bridgehead atoms. The number of amides is 1. The van der Waals surface area contributed by atoms with E-state index >= 15 is 0 Å². The highest BCUT2D eigenvalue weighted by Crippen LogP contribution is 2.34. The molecule has 1 N–H and O–H groups in total. The Bertz CT molecular complexity index is 703. The average molecular weight is 430 g/mol. The number of esters is 1. The lowest BCUT2D eigenvalue weighted by atomic mass is 10.2. The molecule has 2 aromatic rings. The number of hydrogen-bond donors (Lipinski definition) is 1. The molecule has 0 aliphatic heterocycles. The number of halogens is 2. The van der Waals surface area contributed by atoms with Gasteiger partial charge in [0, 0.05) is 6.92 Å². The predicted molar refractivity (Wildman–Crippen MR) is 86.9 cm³/mol. The standard InChI is InChI=1S/C14H10Br2N2O4/c1-8(19)22-13-10(15)5-9(6-11(13)16)7-17-18-14(20)12-3-2-4-21-12/h2-7H,1H3,(H,18,20)/b17-7-. The number of carbonyl (C=O) groups is 2. The van der Waals surface area contributed by atoms with Gasteiger partial charge in [-0.15, -0.1) is 0 Å². The molecule has 0 saturated heterocycles. The van der Waals surface area contributed by atoms with Gasteiger partial charge in [-0.1, -0.05) is 0 Å². The normalized spacial score (nSPS) is 10.7. The summed E-state index contributed by atoms with van der Waals surface area (Å²) in [6, 6.07) is 6.55. The molecule has 22 heavy (non-hydrogen) atoms. The van der Waals surface area contributed by atoms with Crippen molar-refractivity contribution in [1.82, 2.24) is 5.43 Å². The van der Waals surface area contributed by atoms with Crippen LogP contribution in [0.15, 0.2) is 49.0 Å². The Kier molecular flexibility index (Phi) is 5.51. The molecule has 1 heterocycles. The van der Waals surface area contributed by atoms with Gasteiger partial charge < -0.3 is 9.15 Å². The van der Waals surface area contributed by atoms with Gasteiger partial charge in [-0.05, 0) is 61.7 Å². The molecule has 0 aliphatic carbocycles. The molecule has 6 nitrogen and oxygen atoms in total. The number of carbonyl (C=O) groups excluding carboxylic acids is 2. The van der Waals surface area contributed by atoms with E-state index in [1.165, 1.54) is 25.5 Å². The van der Waals surface area contributed by atoms with Crippen molar-refractivity contribution in [2.75, 3.05) is 0 Å². The molecular formula is C14H10Br2N2O4. The zero-order valence-electron chi connectivity index (χ0n) is 11.3. The highest BCUT2D eigenvalue weighted by atomic mass is 79.9. The van der Waals surface area contributed by atoms with Gasteiger partial charge in [0.1, 0.15) is 0 Å². The maximum atomic E-state index is 11.6. The van der Waals surface area contributed by atoms with Crippen LogP contribution in [0.25, 0.3) is 0 Å². The molecule has 8 heteroatoms. The average Bonchev–Trinajstić information content (AvgIpc) is 2.97. The Morgan fingerprint density at radius 2 is 2.00 bits per heavy atom. The third kappa shape index (κ3) is 4.28. The Morgan fingerprint density at radius 3 is 2.55 bits per heavy atom. The molecule has 0 aliphatic rings. The highest BCUT2D eigenvalue weighted by molar-refractivity contribution is 9.11. The van der Waals surface area contributed by atoms with Crippen LogP contribution in [0.3, 0.4) is 0 Å². The lowest BCUT2D eigenvalue weighted by Crippen LogP contribution is -2.16. The largest absolute Gasteiger partial charge is 0.459 e. The first kappa shape index (κ1) is 16.4. The smallest absolute Gasteiger partial charge is 0.308 e. The van der Waals surface area contributed by atoms with E-state index in [4.69, 9.17) is 9.15 Å². The fourth-order valence-electron chi connectivity index (χ4n) is 1.52. The maximum absolute atomic E-state index is 11.6. The summed E-state index contributed by atoms with van der Waals surface area (Å²) < 4.78 is 11.2. The summed E-state index contributed by atoms with van der Waals surface area (Å²) in [5.74, 6) is -0.321.